The quantitative estimate of drug-likeness (QED) is 0.829. The van der Waals surface area contributed by atoms with Crippen molar-refractivity contribution in [2.24, 2.45) is 0 Å². The van der Waals surface area contributed by atoms with Gasteiger partial charge in [0.25, 0.3) is 0 Å². The van der Waals surface area contributed by atoms with Crippen LogP contribution in [0.4, 0.5) is 5.69 Å². The molecule has 0 aromatic carbocycles. The fraction of sp³-hybridized carbons (Fsp3) is 0.615. The van der Waals surface area contributed by atoms with E-state index in [-0.39, 0.29) is 11.8 Å². The number of ether oxygens (including phenoxy) is 1. The van der Waals surface area contributed by atoms with Gasteiger partial charge in [0.15, 0.2) is 0 Å². The molecule has 2 N–H and O–H groups in total. The monoisotopic (exact) mass is 299 g/mol. The highest BCUT2D eigenvalue weighted by atomic mass is 32.2. The Balaban J connectivity index is 1.93. The van der Waals surface area contributed by atoms with Crippen molar-refractivity contribution in [3.63, 3.8) is 0 Å². The van der Waals surface area contributed by atoms with Crippen molar-refractivity contribution in [2.45, 2.75) is 32.2 Å². The molecule has 1 unspecified atom stereocenters. The summed E-state index contributed by atoms with van der Waals surface area (Å²) in [7, 11) is -3.35. The Morgan fingerprint density at radius 1 is 1.45 bits per heavy atom. The van der Waals surface area contributed by atoms with E-state index < -0.39 is 10.0 Å². The molecule has 1 aromatic heterocycles. The summed E-state index contributed by atoms with van der Waals surface area (Å²) in [6.45, 7) is 3.30. The van der Waals surface area contributed by atoms with Crippen LogP contribution in [0.3, 0.4) is 0 Å². The number of rotatable bonds is 6. The minimum absolute atomic E-state index is 0.0388. The second-order valence-electron chi connectivity index (χ2n) is 4.85. The van der Waals surface area contributed by atoms with Crippen molar-refractivity contribution in [1.29, 1.82) is 0 Å². The van der Waals surface area contributed by atoms with Gasteiger partial charge in [-0.2, -0.15) is 0 Å². The van der Waals surface area contributed by atoms with Gasteiger partial charge in [0, 0.05) is 12.1 Å². The first kappa shape index (κ1) is 15.1. The maximum atomic E-state index is 12.1. The summed E-state index contributed by atoms with van der Waals surface area (Å²) in [5, 5.41) is 3.23. The van der Waals surface area contributed by atoms with Crippen LogP contribution < -0.4 is 14.8 Å². The van der Waals surface area contributed by atoms with Crippen LogP contribution in [0.15, 0.2) is 18.3 Å². The molecule has 1 saturated heterocycles. The van der Waals surface area contributed by atoms with E-state index in [2.05, 4.69) is 15.0 Å². The maximum Gasteiger partial charge on any atom is 0.234 e. The zero-order valence-corrected chi connectivity index (χ0v) is 12.4. The zero-order chi connectivity index (χ0) is 14.4. The molecule has 1 fully saturated rings. The molecule has 0 aliphatic carbocycles. The van der Waals surface area contributed by atoms with Crippen LogP contribution in [0.5, 0.6) is 5.88 Å². The number of aromatic nitrogens is 1. The van der Waals surface area contributed by atoms with E-state index in [1.54, 1.807) is 12.1 Å². The SMILES string of the molecule is CCOc1ccc(NS(=O)(=O)CC2CCCCN2)cn1. The molecule has 0 radical (unpaired) electrons. The smallest absolute Gasteiger partial charge is 0.234 e. The molecule has 0 saturated carbocycles. The van der Waals surface area contributed by atoms with Gasteiger partial charge in [-0.1, -0.05) is 6.42 Å². The Hall–Kier alpha value is -1.34. The molecular formula is C13H21N3O3S. The Labute approximate surface area is 120 Å². The fourth-order valence-electron chi connectivity index (χ4n) is 2.23. The molecule has 0 bridgehead atoms. The minimum Gasteiger partial charge on any atom is -0.478 e. The Morgan fingerprint density at radius 2 is 2.30 bits per heavy atom. The molecular weight excluding hydrogens is 278 g/mol. The fourth-order valence-corrected chi connectivity index (χ4v) is 3.60. The molecule has 1 aliphatic heterocycles. The third kappa shape index (κ3) is 4.64. The predicted molar refractivity (Wildman–Crippen MR) is 78.5 cm³/mol. The molecule has 2 rings (SSSR count). The highest BCUT2D eigenvalue weighted by Gasteiger charge is 2.20. The first-order valence-corrected chi connectivity index (χ1v) is 8.57. The highest BCUT2D eigenvalue weighted by Crippen LogP contribution is 2.15. The van der Waals surface area contributed by atoms with E-state index in [0.717, 1.165) is 25.8 Å². The van der Waals surface area contributed by atoms with Crippen LogP contribution in [-0.2, 0) is 10.0 Å². The summed E-state index contributed by atoms with van der Waals surface area (Å²) in [4.78, 5) is 4.03. The first-order chi connectivity index (χ1) is 9.59. The van der Waals surface area contributed by atoms with Crippen LogP contribution in [0.1, 0.15) is 26.2 Å². The van der Waals surface area contributed by atoms with Crippen molar-refractivity contribution < 1.29 is 13.2 Å². The number of hydrogen-bond donors (Lipinski definition) is 2. The lowest BCUT2D eigenvalue weighted by Crippen LogP contribution is -2.40. The van der Waals surface area contributed by atoms with Gasteiger partial charge in [-0.25, -0.2) is 13.4 Å². The van der Waals surface area contributed by atoms with Gasteiger partial charge in [-0.05, 0) is 32.4 Å². The van der Waals surface area contributed by atoms with Gasteiger partial charge < -0.3 is 10.1 Å². The zero-order valence-electron chi connectivity index (χ0n) is 11.6. The van der Waals surface area contributed by atoms with Gasteiger partial charge in [0.05, 0.1) is 24.2 Å². The Bertz CT molecular complexity index is 510. The van der Waals surface area contributed by atoms with Gasteiger partial charge in [0.1, 0.15) is 0 Å². The summed E-state index contributed by atoms with van der Waals surface area (Å²) < 4.78 is 31.9. The van der Waals surface area contributed by atoms with Gasteiger partial charge in [0.2, 0.25) is 15.9 Å². The van der Waals surface area contributed by atoms with Crippen LogP contribution in [-0.4, -0.2) is 38.3 Å². The lowest BCUT2D eigenvalue weighted by atomic mass is 10.1. The lowest BCUT2D eigenvalue weighted by molar-refractivity contribution is 0.327. The van der Waals surface area contributed by atoms with E-state index >= 15 is 0 Å². The predicted octanol–water partition coefficient (Wildman–Crippen LogP) is 1.36. The van der Waals surface area contributed by atoms with Crippen molar-refractivity contribution in [3.8, 4) is 5.88 Å². The van der Waals surface area contributed by atoms with Crippen molar-refractivity contribution in [2.75, 3.05) is 23.6 Å². The molecule has 7 heteroatoms. The van der Waals surface area contributed by atoms with Gasteiger partial charge in [-0.15, -0.1) is 0 Å². The van der Waals surface area contributed by atoms with Crippen LogP contribution in [0.25, 0.3) is 0 Å². The van der Waals surface area contributed by atoms with Crippen molar-refractivity contribution in [1.82, 2.24) is 10.3 Å². The number of pyridine rings is 1. The summed E-state index contributed by atoms with van der Waals surface area (Å²) >= 11 is 0. The van der Waals surface area contributed by atoms with Gasteiger partial charge in [-0.3, -0.25) is 4.72 Å². The number of nitrogens with one attached hydrogen (secondary N) is 2. The second-order valence-corrected chi connectivity index (χ2v) is 6.62. The molecule has 1 atom stereocenters. The Morgan fingerprint density at radius 3 is 2.90 bits per heavy atom. The summed E-state index contributed by atoms with van der Waals surface area (Å²) in [6.07, 6.45) is 4.57. The molecule has 20 heavy (non-hydrogen) atoms. The third-order valence-electron chi connectivity index (χ3n) is 3.13. The summed E-state index contributed by atoms with van der Waals surface area (Å²) in [6, 6.07) is 3.35. The van der Waals surface area contributed by atoms with E-state index in [4.69, 9.17) is 4.74 Å². The maximum absolute atomic E-state index is 12.1. The standard InChI is InChI=1S/C13H21N3O3S/c1-2-19-13-7-6-11(9-15-13)16-20(17,18)10-12-5-3-4-8-14-12/h6-7,9,12,14,16H,2-5,8,10H2,1H3. The molecule has 1 aromatic rings. The van der Waals surface area contributed by atoms with Crippen LogP contribution >= 0.6 is 0 Å². The van der Waals surface area contributed by atoms with Crippen LogP contribution in [0.2, 0.25) is 0 Å². The molecule has 1 aliphatic rings. The summed E-state index contributed by atoms with van der Waals surface area (Å²) in [5.74, 6) is 0.588. The largest absolute Gasteiger partial charge is 0.478 e. The summed E-state index contributed by atoms with van der Waals surface area (Å²) in [5.41, 5.74) is 0.462. The lowest BCUT2D eigenvalue weighted by Gasteiger charge is -2.23. The number of nitrogens with zero attached hydrogens (tertiary/aromatic N) is 1. The number of hydrogen-bond acceptors (Lipinski definition) is 5. The molecule has 6 nitrogen and oxygen atoms in total. The average molecular weight is 299 g/mol. The van der Waals surface area contributed by atoms with E-state index in [9.17, 15) is 8.42 Å². The second kappa shape index (κ2) is 6.90. The van der Waals surface area contributed by atoms with E-state index in [1.807, 2.05) is 6.92 Å². The minimum atomic E-state index is -3.35. The number of piperidine rings is 1. The molecule has 0 amide bonds. The van der Waals surface area contributed by atoms with E-state index in [0.29, 0.717) is 18.2 Å². The Kier molecular flexibility index (Phi) is 5.19. The average Bonchev–Trinajstić information content (AvgIpc) is 2.41. The normalized spacial score (nSPS) is 19.6. The highest BCUT2D eigenvalue weighted by molar-refractivity contribution is 7.92. The molecule has 2 heterocycles. The van der Waals surface area contributed by atoms with Gasteiger partial charge >= 0.3 is 0 Å². The third-order valence-corrected chi connectivity index (χ3v) is 4.52. The van der Waals surface area contributed by atoms with E-state index in [1.165, 1.54) is 6.20 Å². The first-order valence-electron chi connectivity index (χ1n) is 6.92. The molecule has 112 valence electrons. The van der Waals surface area contributed by atoms with Crippen molar-refractivity contribution >= 4 is 15.7 Å². The van der Waals surface area contributed by atoms with Crippen molar-refractivity contribution in [3.05, 3.63) is 18.3 Å². The number of sulfonamides is 1. The van der Waals surface area contributed by atoms with Crippen LogP contribution in [0, 0.1) is 0 Å². The molecule has 0 spiro atoms. The number of anilines is 1. The topological polar surface area (TPSA) is 80.3 Å².